The molecule has 3 aliphatic rings. The number of carbonyl (C=O) groups is 1. The number of nitrogens with one attached hydrogen (secondary N) is 1. The van der Waals surface area contributed by atoms with Crippen molar-refractivity contribution in [2.45, 2.75) is 110 Å². The third-order valence-electron chi connectivity index (χ3n) is 8.72. The number of piperidine rings is 1. The average molecular weight is 513 g/mol. The fourth-order valence-corrected chi connectivity index (χ4v) is 6.30. The van der Waals surface area contributed by atoms with Gasteiger partial charge in [0, 0.05) is 25.7 Å². The van der Waals surface area contributed by atoms with Gasteiger partial charge in [0.1, 0.15) is 11.5 Å². The minimum atomic E-state index is -0.416. The highest BCUT2D eigenvalue weighted by Gasteiger charge is 2.49. The van der Waals surface area contributed by atoms with Crippen LogP contribution < -0.4 is 5.32 Å². The van der Waals surface area contributed by atoms with Crippen molar-refractivity contribution in [3.05, 3.63) is 37.1 Å². The van der Waals surface area contributed by atoms with Gasteiger partial charge in [-0.3, -0.25) is 4.79 Å². The first-order valence-electron chi connectivity index (χ1n) is 14.8. The zero-order chi connectivity index (χ0) is 27.0. The summed E-state index contributed by atoms with van der Waals surface area (Å²) in [5, 5.41) is 12.4. The van der Waals surface area contributed by atoms with Gasteiger partial charge in [-0.15, -0.1) is 6.58 Å². The monoisotopic (exact) mass is 512 g/mol. The normalized spacial score (nSPS) is 27.0. The summed E-state index contributed by atoms with van der Waals surface area (Å²) in [5.41, 5.74) is 0.883. The Morgan fingerprint density at radius 1 is 1.22 bits per heavy atom. The predicted octanol–water partition coefficient (Wildman–Crippen LogP) is 5.66. The van der Waals surface area contributed by atoms with Crippen LogP contribution in [-0.4, -0.2) is 64.1 Å². The Morgan fingerprint density at radius 3 is 2.46 bits per heavy atom. The summed E-state index contributed by atoms with van der Waals surface area (Å²) in [5.74, 6) is 2.30. The molecule has 2 aliphatic heterocycles. The Balaban J connectivity index is 1.75. The van der Waals surface area contributed by atoms with Crippen LogP contribution in [0.2, 0.25) is 0 Å². The molecule has 2 fully saturated rings. The van der Waals surface area contributed by atoms with E-state index >= 15 is 0 Å². The Hall–Kier alpha value is -2.08. The van der Waals surface area contributed by atoms with Gasteiger partial charge in [-0.1, -0.05) is 45.6 Å². The lowest BCUT2D eigenvalue weighted by molar-refractivity contribution is -0.123. The smallest absolute Gasteiger partial charge is 0.227 e. The lowest BCUT2D eigenvalue weighted by Gasteiger charge is -2.46. The van der Waals surface area contributed by atoms with E-state index in [1.807, 2.05) is 0 Å². The van der Waals surface area contributed by atoms with E-state index in [9.17, 15) is 9.90 Å². The van der Waals surface area contributed by atoms with Crippen molar-refractivity contribution in [1.29, 1.82) is 0 Å². The molecule has 2 unspecified atom stereocenters. The van der Waals surface area contributed by atoms with E-state index in [-0.39, 0.29) is 23.5 Å². The summed E-state index contributed by atoms with van der Waals surface area (Å²) >= 11 is 0. The first kappa shape index (κ1) is 29.5. The highest BCUT2D eigenvalue weighted by atomic mass is 16.3. The molecule has 3 rings (SSSR count). The molecule has 0 aromatic carbocycles. The molecule has 0 radical (unpaired) electrons. The van der Waals surface area contributed by atoms with Crippen LogP contribution in [0, 0.1) is 17.8 Å². The van der Waals surface area contributed by atoms with Gasteiger partial charge in [0.05, 0.1) is 17.7 Å². The van der Waals surface area contributed by atoms with Gasteiger partial charge in [0.2, 0.25) is 5.91 Å². The number of hydrogen-bond acceptors (Lipinski definition) is 5. The zero-order valence-corrected chi connectivity index (χ0v) is 23.9. The molecule has 0 bridgehead atoms. The molecule has 0 aromatic heterocycles. The SMILES string of the molecule is C=CC(C/C=C/[C@@H](CC)N1C(=C)C(N2CCCCC2)=NC12CCC(C(C)C)CC2)C(=O)NCCC(C)O. The van der Waals surface area contributed by atoms with Gasteiger partial charge in [-0.2, -0.15) is 0 Å². The zero-order valence-electron chi connectivity index (χ0n) is 23.9. The number of aliphatic hydroxyl groups excluding tert-OH is 1. The molecule has 6 heteroatoms. The number of amidine groups is 1. The predicted molar refractivity (Wildman–Crippen MR) is 154 cm³/mol. The number of carbonyl (C=O) groups excluding carboxylic acids is 1. The van der Waals surface area contributed by atoms with Gasteiger partial charge in [0.25, 0.3) is 0 Å². The number of aliphatic hydroxyl groups is 1. The summed E-state index contributed by atoms with van der Waals surface area (Å²) in [6, 6.07) is 0.193. The van der Waals surface area contributed by atoms with Crippen LogP contribution in [0.1, 0.15) is 91.9 Å². The highest BCUT2D eigenvalue weighted by Crippen LogP contribution is 2.47. The second kappa shape index (κ2) is 13.6. The van der Waals surface area contributed by atoms with Gasteiger partial charge < -0.3 is 20.2 Å². The number of nitrogens with zero attached hydrogens (tertiary/aromatic N) is 3. The molecule has 2 N–H and O–H groups in total. The van der Waals surface area contributed by atoms with Crippen molar-refractivity contribution in [2.75, 3.05) is 19.6 Å². The summed E-state index contributed by atoms with van der Waals surface area (Å²) in [7, 11) is 0. The topological polar surface area (TPSA) is 68.2 Å². The molecule has 0 aromatic rings. The second-order valence-corrected chi connectivity index (χ2v) is 11.8. The van der Waals surface area contributed by atoms with Crippen molar-refractivity contribution in [3.8, 4) is 0 Å². The fourth-order valence-electron chi connectivity index (χ4n) is 6.30. The first-order chi connectivity index (χ1) is 17.7. The maximum atomic E-state index is 12.6. The first-order valence-corrected chi connectivity index (χ1v) is 14.8. The Kier molecular flexibility index (Phi) is 10.9. The lowest BCUT2D eigenvalue weighted by atomic mass is 9.76. The van der Waals surface area contributed by atoms with E-state index < -0.39 is 6.10 Å². The molecule has 1 spiro atoms. The Morgan fingerprint density at radius 2 is 1.89 bits per heavy atom. The van der Waals surface area contributed by atoms with Crippen LogP contribution in [-0.2, 0) is 4.79 Å². The number of likely N-dealkylation sites (tertiary alicyclic amines) is 1. The molecule has 37 heavy (non-hydrogen) atoms. The van der Waals surface area contributed by atoms with Gasteiger partial charge in [0.15, 0.2) is 0 Å². The molecule has 1 aliphatic carbocycles. The van der Waals surface area contributed by atoms with Gasteiger partial charge >= 0.3 is 0 Å². The third-order valence-corrected chi connectivity index (χ3v) is 8.72. The molecular weight excluding hydrogens is 460 g/mol. The van der Waals surface area contributed by atoms with E-state index in [0.717, 1.165) is 49.8 Å². The molecule has 208 valence electrons. The van der Waals surface area contributed by atoms with E-state index in [2.05, 4.69) is 61.2 Å². The number of aliphatic imine (C=N–C) groups is 1. The van der Waals surface area contributed by atoms with Gasteiger partial charge in [-0.25, -0.2) is 4.99 Å². The highest BCUT2D eigenvalue weighted by molar-refractivity contribution is 5.99. The van der Waals surface area contributed by atoms with E-state index in [4.69, 9.17) is 4.99 Å². The molecule has 6 nitrogen and oxygen atoms in total. The Bertz CT molecular complexity index is 832. The minimum absolute atomic E-state index is 0.0295. The number of hydrogen-bond donors (Lipinski definition) is 2. The van der Waals surface area contributed by atoms with Crippen LogP contribution in [0.3, 0.4) is 0 Å². The molecule has 1 saturated heterocycles. The van der Waals surface area contributed by atoms with Crippen LogP contribution in [0.5, 0.6) is 0 Å². The second-order valence-electron chi connectivity index (χ2n) is 11.8. The van der Waals surface area contributed by atoms with Crippen LogP contribution >= 0.6 is 0 Å². The molecule has 1 amide bonds. The number of rotatable bonds is 11. The molecule has 1 saturated carbocycles. The van der Waals surface area contributed by atoms with Crippen molar-refractivity contribution < 1.29 is 9.90 Å². The lowest BCUT2D eigenvalue weighted by Crippen LogP contribution is -2.50. The van der Waals surface area contributed by atoms with E-state index in [1.165, 1.54) is 32.1 Å². The van der Waals surface area contributed by atoms with Crippen LogP contribution in [0.25, 0.3) is 0 Å². The standard InChI is InChI=1S/C31H52N4O2/c1-7-26(30(37)32-20-17-24(5)36)13-12-14-28(8-2)35-25(6)29(34-21-10-9-11-22-34)33-31(35)18-15-27(16-19-31)23(3)4/h7,12,14,23-24,26-28,36H,1,6,8-11,13,15-22H2,2-5H3,(H,32,37)/b14-12+/t24?,26?,27?,28-,31?/m1/s1. The third kappa shape index (κ3) is 7.28. The minimum Gasteiger partial charge on any atom is -0.393 e. The largest absolute Gasteiger partial charge is 0.393 e. The quantitative estimate of drug-likeness (QED) is 0.351. The van der Waals surface area contributed by atoms with Crippen molar-refractivity contribution in [3.63, 3.8) is 0 Å². The van der Waals surface area contributed by atoms with E-state index in [1.54, 1.807) is 13.0 Å². The van der Waals surface area contributed by atoms with Crippen LogP contribution in [0.4, 0.5) is 0 Å². The summed E-state index contributed by atoms with van der Waals surface area (Å²) in [6.45, 7) is 19.8. The summed E-state index contributed by atoms with van der Waals surface area (Å²) < 4.78 is 0. The van der Waals surface area contributed by atoms with E-state index in [0.29, 0.717) is 25.3 Å². The maximum absolute atomic E-state index is 12.6. The van der Waals surface area contributed by atoms with Gasteiger partial charge in [-0.05, 0) is 83.0 Å². The van der Waals surface area contributed by atoms with Crippen molar-refractivity contribution in [2.24, 2.45) is 22.7 Å². The molecule has 3 atom stereocenters. The molecule has 2 heterocycles. The van der Waals surface area contributed by atoms with Crippen LogP contribution in [0.15, 0.2) is 42.1 Å². The fraction of sp³-hybridized carbons (Fsp3) is 0.742. The number of allylic oxidation sites excluding steroid dienone is 1. The van der Waals surface area contributed by atoms with Crippen molar-refractivity contribution >= 4 is 11.7 Å². The summed E-state index contributed by atoms with van der Waals surface area (Å²) in [6.07, 6.45) is 16.2. The van der Waals surface area contributed by atoms with Crippen molar-refractivity contribution in [1.82, 2.24) is 15.1 Å². The Labute approximate surface area is 226 Å². The average Bonchev–Trinajstić information content (AvgIpc) is 3.16. The maximum Gasteiger partial charge on any atom is 0.227 e. The summed E-state index contributed by atoms with van der Waals surface area (Å²) in [4.78, 5) is 23.1. The number of amides is 1. The molecular formula is C31H52N4O2.